The van der Waals surface area contributed by atoms with E-state index in [0.717, 1.165) is 16.9 Å². The lowest BCUT2D eigenvalue weighted by molar-refractivity contribution is 0.242. The summed E-state index contributed by atoms with van der Waals surface area (Å²) in [6.45, 7) is 6.77. The van der Waals surface area contributed by atoms with Crippen molar-refractivity contribution in [3.05, 3.63) is 65.5 Å². The van der Waals surface area contributed by atoms with Crippen LogP contribution in [-0.4, -0.2) is 6.10 Å². The van der Waals surface area contributed by atoms with Crippen LogP contribution in [-0.2, 0) is 6.54 Å². The predicted octanol–water partition coefficient (Wildman–Crippen LogP) is 4.46. The second kappa shape index (κ2) is 7.23. The van der Waals surface area contributed by atoms with Crippen molar-refractivity contribution in [1.29, 1.82) is 0 Å². The molecule has 1 atom stereocenters. The molecule has 0 aliphatic carbocycles. The van der Waals surface area contributed by atoms with Crippen molar-refractivity contribution in [1.82, 2.24) is 5.32 Å². The smallest absolute Gasteiger partial charge is 0.123 e. The van der Waals surface area contributed by atoms with Gasteiger partial charge in [-0.2, -0.15) is 0 Å². The minimum atomic E-state index is -0.200. The Kier molecular flexibility index (Phi) is 5.34. The zero-order chi connectivity index (χ0) is 15.2. The molecule has 1 N–H and O–H groups in total. The van der Waals surface area contributed by atoms with Gasteiger partial charge in [0.25, 0.3) is 0 Å². The third-order valence-electron chi connectivity index (χ3n) is 3.23. The Bertz CT molecular complexity index is 583. The first-order valence-electron chi connectivity index (χ1n) is 7.29. The normalized spacial score (nSPS) is 12.4. The molecular formula is C18H22FNO. The maximum atomic E-state index is 13.2. The quantitative estimate of drug-likeness (QED) is 0.846. The first kappa shape index (κ1) is 15.5. The summed E-state index contributed by atoms with van der Waals surface area (Å²) >= 11 is 0. The van der Waals surface area contributed by atoms with E-state index in [9.17, 15) is 4.39 Å². The SMILES string of the molecule is CC(C)Oc1cccc(CNC(C)c2cccc(F)c2)c1. The molecule has 1 unspecified atom stereocenters. The van der Waals surface area contributed by atoms with Crippen molar-refractivity contribution in [3.63, 3.8) is 0 Å². The highest BCUT2D eigenvalue weighted by atomic mass is 19.1. The van der Waals surface area contributed by atoms with E-state index in [0.29, 0.717) is 6.54 Å². The Morgan fingerprint density at radius 2 is 1.81 bits per heavy atom. The van der Waals surface area contributed by atoms with Gasteiger partial charge < -0.3 is 10.1 Å². The zero-order valence-corrected chi connectivity index (χ0v) is 12.8. The first-order valence-corrected chi connectivity index (χ1v) is 7.29. The number of ether oxygens (including phenoxy) is 1. The highest BCUT2D eigenvalue weighted by molar-refractivity contribution is 5.29. The maximum absolute atomic E-state index is 13.2. The third kappa shape index (κ3) is 4.87. The molecule has 2 nitrogen and oxygen atoms in total. The summed E-state index contributed by atoms with van der Waals surface area (Å²) in [4.78, 5) is 0. The van der Waals surface area contributed by atoms with Gasteiger partial charge in [0.2, 0.25) is 0 Å². The second-order valence-corrected chi connectivity index (χ2v) is 5.47. The molecule has 0 heterocycles. The van der Waals surface area contributed by atoms with E-state index in [-0.39, 0.29) is 18.0 Å². The molecule has 21 heavy (non-hydrogen) atoms. The molecule has 2 aromatic rings. The van der Waals surface area contributed by atoms with E-state index < -0.39 is 0 Å². The standard InChI is InChI=1S/C18H22FNO/c1-13(2)21-18-9-4-6-15(10-18)12-20-14(3)16-7-5-8-17(19)11-16/h4-11,13-14,20H,12H2,1-3H3. The topological polar surface area (TPSA) is 21.3 Å². The Hall–Kier alpha value is -1.87. The minimum absolute atomic E-state index is 0.0929. The van der Waals surface area contributed by atoms with Gasteiger partial charge in [-0.25, -0.2) is 4.39 Å². The molecule has 112 valence electrons. The maximum Gasteiger partial charge on any atom is 0.123 e. The van der Waals surface area contributed by atoms with Gasteiger partial charge in [-0.1, -0.05) is 24.3 Å². The lowest BCUT2D eigenvalue weighted by atomic mass is 10.1. The molecule has 0 amide bonds. The van der Waals surface area contributed by atoms with Crippen molar-refractivity contribution >= 4 is 0 Å². The fourth-order valence-electron chi connectivity index (χ4n) is 2.17. The van der Waals surface area contributed by atoms with E-state index in [1.165, 1.54) is 6.07 Å². The van der Waals surface area contributed by atoms with Gasteiger partial charge in [0.15, 0.2) is 0 Å². The highest BCUT2D eigenvalue weighted by Crippen LogP contribution is 2.17. The fraction of sp³-hybridized carbons (Fsp3) is 0.333. The van der Waals surface area contributed by atoms with Crippen LogP contribution in [0.3, 0.4) is 0 Å². The Morgan fingerprint density at radius 1 is 1.05 bits per heavy atom. The van der Waals surface area contributed by atoms with Crippen molar-refractivity contribution in [2.45, 2.75) is 39.5 Å². The molecule has 0 saturated heterocycles. The molecule has 0 saturated carbocycles. The van der Waals surface area contributed by atoms with Crippen LogP contribution in [0, 0.1) is 5.82 Å². The fourth-order valence-corrected chi connectivity index (χ4v) is 2.17. The number of benzene rings is 2. The molecule has 0 aromatic heterocycles. The van der Waals surface area contributed by atoms with Crippen molar-refractivity contribution in [2.24, 2.45) is 0 Å². The summed E-state index contributed by atoms with van der Waals surface area (Å²) < 4.78 is 18.9. The largest absolute Gasteiger partial charge is 0.491 e. The molecule has 2 aromatic carbocycles. The molecule has 0 spiro atoms. The Labute approximate surface area is 126 Å². The van der Waals surface area contributed by atoms with E-state index in [2.05, 4.69) is 11.4 Å². The zero-order valence-electron chi connectivity index (χ0n) is 12.8. The summed E-state index contributed by atoms with van der Waals surface area (Å²) in [5.74, 6) is 0.677. The van der Waals surface area contributed by atoms with Crippen LogP contribution in [0.15, 0.2) is 48.5 Å². The minimum Gasteiger partial charge on any atom is -0.491 e. The van der Waals surface area contributed by atoms with Crippen LogP contribution < -0.4 is 10.1 Å². The second-order valence-electron chi connectivity index (χ2n) is 5.47. The van der Waals surface area contributed by atoms with Gasteiger partial charge in [0.05, 0.1) is 6.10 Å². The molecular weight excluding hydrogens is 265 g/mol. The monoisotopic (exact) mass is 287 g/mol. The first-order chi connectivity index (χ1) is 10.0. The molecule has 0 aliphatic heterocycles. The molecule has 2 rings (SSSR count). The van der Waals surface area contributed by atoms with E-state index >= 15 is 0 Å². The summed E-state index contributed by atoms with van der Waals surface area (Å²) in [7, 11) is 0. The third-order valence-corrected chi connectivity index (χ3v) is 3.23. The van der Waals surface area contributed by atoms with Gasteiger partial charge >= 0.3 is 0 Å². The molecule has 0 fully saturated rings. The summed E-state index contributed by atoms with van der Waals surface area (Å²) in [6, 6.07) is 14.8. The van der Waals surface area contributed by atoms with Crippen LogP contribution in [0.5, 0.6) is 5.75 Å². The van der Waals surface area contributed by atoms with E-state index in [1.54, 1.807) is 12.1 Å². The van der Waals surface area contributed by atoms with Gasteiger partial charge in [0, 0.05) is 12.6 Å². The molecule has 3 heteroatoms. The summed E-state index contributed by atoms with van der Waals surface area (Å²) in [5, 5.41) is 3.40. The van der Waals surface area contributed by atoms with Gasteiger partial charge in [-0.15, -0.1) is 0 Å². The number of nitrogens with one attached hydrogen (secondary N) is 1. The molecule has 0 bridgehead atoms. The number of rotatable bonds is 6. The highest BCUT2D eigenvalue weighted by Gasteiger charge is 2.06. The van der Waals surface area contributed by atoms with Crippen LogP contribution in [0.4, 0.5) is 4.39 Å². The predicted molar refractivity (Wildman–Crippen MR) is 83.9 cm³/mol. The van der Waals surface area contributed by atoms with Gasteiger partial charge in [-0.05, 0) is 56.2 Å². The van der Waals surface area contributed by atoms with Crippen molar-refractivity contribution in [3.8, 4) is 5.75 Å². The van der Waals surface area contributed by atoms with Crippen LogP contribution in [0.2, 0.25) is 0 Å². The molecule has 0 aliphatic rings. The lowest BCUT2D eigenvalue weighted by Gasteiger charge is -2.15. The van der Waals surface area contributed by atoms with Crippen LogP contribution >= 0.6 is 0 Å². The average molecular weight is 287 g/mol. The lowest BCUT2D eigenvalue weighted by Crippen LogP contribution is -2.18. The van der Waals surface area contributed by atoms with E-state index in [1.807, 2.05) is 45.0 Å². The molecule has 0 radical (unpaired) electrons. The van der Waals surface area contributed by atoms with Crippen LogP contribution in [0.25, 0.3) is 0 Å². The number of hydrogen-bond acceptors (Lipinski definition) is 2. The summed E-state index contributed by atoms with van der Waals surface area (Å²) in [5.41, 5.74) is 2.10. The van der Waals surface area contributed by atoms with Gasteiger partial charge in [-0.3, -0.25) is 0 Å². The van der Waals surface area contributed by atoms with Crippen molar-refractivity contribution in [2.75, 3.05) is 0 Å². The Morgan fingerprint density at radius 3 is 2.52 bits per heavy atom. The van der Waals surface area contributed by atoms with Gasteiger partial charge in [0.1, 0.15) is 11.6 Å². The summed E-state index contributed by atoms with van der Waals surface area (Å²) in [6.07, 6.45) is 0.166. The van der Waals surface area contributed by atoms with E-state index in [4.69, 9.17) is 4.74 Å². The van der Waals surface area contributed by atoms with Crippen LogP contribution in [0.1, 0.15) is 37.9 Å². The average Bonchev–Trinajstić information content (AvgIpc) is 2.44. The van der Waals surface area contributed by atoms with Crippen molar-refractivity contribution < 1.29 is 9.13 Å². The number of halogens is 1. The Balaban J connectivity index is 1.96. The number of hydrogen-bond donors (Lipinski definition) is 1.